The Morgan fingerprint density at radius 3 is 2.52 bits per heavy atom. The van der Waals surface area contributed by atoms with E-state index in [0.717, 1.165) is 30.6 Å². The second-order valence-electron chi connectivity index (χ2n) is 7.49. The van der Waals surface area contributed by atoms with E-state index >= 15 is 0 Å². The predicted octanol–water partition coefficient (Wildman–Crippen LogP) is 2.75. The highest BCUT2D eigenvalue weighted by Crippen LogP contribution is 2.33. The second-order valence-corrected chi connectivity index (χ2v) is 7.49. The van der Waals surface area contributed by atoms with Gasteiger partial charge >= 0.3 is 12.0 Å². The van der Waals surface area contributed by atoms with Crippen LogP contribution in [0.2, 0.25) is 0 Å². The van der Waals surface area contributed by atoms with Crippen LogP contribution in [0.25, 0.3) is 0 Å². The molecule has 1 aromatic rings. The van der Waals surface area contributed by atoms with E-state index in [1.165, 1.54) is 18.4 Å². The van der Waals surface area contributed by atoms with Crippen molar-refractivity contribution in [1.29, 1.82) is 0 Å². The lowest BCUT2D eigenvalue weighted by Gasteiger charge is -2.42. The van der Waals surface area contributed by atoms with Crippen LogP contribution in [0.5, 0.6) is 0 Å². The van der Waals surface area contributed by atoms with E-state index in [4.69, 9.17) is 5.11 Å². The molecule has 6 heteroatoms. The van der Waals surface area contributed by atoms with Crippen LogP contribution in [0.4, 0.5) is 10.5 Å². The number of nitrogens with zero attached hydrogens (tertiary/aromatic N) is 1. The molecular weight excluding hydrogens is 318 g/mol. The molecule has 0 aliphatic heterocycles. The number of hydrogen-bond acceptors (Lipinski definition) is 3. The number of carbonyl (C=O) groups excluding carboxylic acids is 1. The van der Waals surface area contributed by atoms with Gasteiger partial charge in [0.05, 0.1) is 6.54 Å². The monoisotopic (exact) mass is 345 g/mol. The van der Waals surface area contributed by atoms with E-state index in [1.54, 1.807) is 0 Å². The lowest BCUT2D eigenvalue weighted by molar-refractivity contribution is -0.139. The maximum atomic E-state index is 12.1. The van der Waals surface area contributed by atoms with Crippen molar-refractivity contribution < 1.29 is 14.7 Å². The summed E-state index contributed by atoms with van der Waals surface area (Å²) in [5.74, 6) is -0.107. The molecule has 0 bridgehead atoms. The summed E-state index contributed by atoms with van der Waals surface area (Å²) < 4.78 is 0. The Hall–Kier alpha value is -2.08. The maximum Gasteiger partial charge on any atom is 0.319 e. The SMILES string of the molecule is Cc1ccc(NC(=O)NC2CC(N(CC(=O)O)CC3CC3)C2)cc1C. The largest absolute Gasteiger partial charge is 0.480 e. The van der Waals surface area contributed by atoms with Gasteiger partial charge in [-0.3, -0.25) is 9.69 Å². The number of aryl methyl sites for hydroxylation is 2. The molecule has 2 amide bonds. The fraction of sp³-hybridized carbons (Fsp3) is 0.579. The molecule has 136 valence electrons. The van der Waals surface area contributed by atoms with E-state index in [2.05, 4.69) is 15.5 Å². The van der Waals surface area contributed by atoms with Gasteiger partial charge in [-0.1, -0.05) is 6.07 Å². The molecule has 2 aliphatic carbocycles. The van der Waals surface area contributed by atoms with E-state index in [0.29, 0.717) is 5.92 Å². The first-order valence-electron chi connectivity index (χ1n) is 9.01. The molecule has 0 unspecified atom stereocenters. The Balaban J connectivity index is 1.44. The highest BCUT2D eigenvalue weighted by Gasteiger charge is 2.37. The zero-order valence-corrected chi connectivity index (χ0v) is 14.9. The third-order valence-electron chi connectivity index (χ3n) is 5.26. The summed E-state index contributed by atoms with van der Waals surface area (Å²) in [6.07, 6.45) is 4.06. The van der Waals surface area contributed by atoms with Gasteiger partial charge in [0, 0.05) is 24.3 Å². The number of rotatable bonds is 7. The van der Waals surface area contributed by atoms with Crippen molar-refractivity contribution in [2.24, 2.45) is 5.92 Å². The Labute approximate surface area is 148 Å². The van der Waals surface area contributed by atoms with Crippen LogP contribution < -0.4 is 10.6 Å². The van der Waals surface area contributed by atoms with Crippen molar-refractivity contribution >= 4 is 17.7 Å². The van der Waals surface area contributed by atoms with Crippen molar-refractivity contribution in [3.8, 4) is 0 Å². The average molecular weight is 345 g/mol. The summed E-state index contributed by atoms with van der Waals surface area (Å²) in [6, 6.07) is 6.04. The van der Waals surface area contributed by atoms with Crippen molar-refractivity contribution in [1.82, 2.24) is 10.2 Å². The van der Waals surface area contributed by atoms with Crippen LogP contribution in [-0.2, 0) is 4.79 Å². The van der Waals surface area contributed by atoms with Crippen LogP contribution in [0, 0.1) is 19.8 Å². The molecular formula is C19H27N3O3. The predicted molar refractivity (Wildman–Crippen MR) is 96.8 cm³/mol. The minimum Gasteiger partial charge on any atom is -0.480 e. The quantitative estimate of drug-likeness (QED) is 0.710. The van der Waals surface area contributed by atoms with Gasteiger partial charge < -0.3 is 15.7 Å². The number of amides is 2. The smallest absolute Gasteiger partial charge is 0.319 e. The average Bonchev–Trinajstić information content (AvgIpc) is 3.29. The normalized spacial score (nSPS) is 22.4. The van der Waals surface area contributed by atoms with E-state index in [-0.39, 0.29) is 24.7 Å². The standard InChI is InChI=1S/C19H27N3O3/c1-12-3-6-15(7-13(12)2)20-19(25)21-16-8-17(9-16)22(11-18(23)24)10-14-4-5-14/h3,6-7,14,16-17H,4-5,8-11H2,1-2H3,(H,23,24)(H2,20,21,25). The van der Waals surface area contributed by atoms with Crippen LogP contribution in [0.1, 0.15) is 36.8 Å². The number of nitrogens with one attached hydrogen (secondary N) is 2. The molecule has 0 radical (unpaired) electrons. The lowest BCUT2D eigenvalue weighted by Crippen LogP contribution is -2.55. The molecule has 2 saturated carbocycles. The van der Waals surface area contributed by atoms with Crippen LogP contribution >= 0.6 is 0 Å². The van der Waals surface area contributed by atoms with Crippen LogP contribution in [-0.4, -0.2) is 47.2 Å². The Kier molecular flexibility index (Phi) is 5.27. The Morgan fingerprint density at radius 2 is 1.92 bits per heavy atom. The van der Waals surface area contributed by atoms with Gasteiger partial charge in [0.1, 0.15) is 0 Å². The van der Waals surface area contributed by atoms with E-state index in [9.17, 15) is 9.59 Å². The zero-order chi connectivity index (χ0) is 18.0. The first-order chi connectivity index (χ1) is 11.9. The summed E-state index contributed by atoms with van der Waals surface area (Å²) in [7, 11) is 0. The highest BCUT2D eigenvalue weighted by atomic mass is 16.4. The maximum absolute atomic E-state index is 12.1. The number of aliphatic carboxylic acids is 1. The van der Waals surface area contributed by atoms with Gasteiger partial charge in [0.25, 0.3) is 0 Å². The number of hydrogen-bond donors (Lipinski definition) is 3. The molecule has 3 rings (SSSR count). The third kappa shape index (κ3) is 4.95. The Morgan fingerprint density at radius 1 is 1.20 bits per heavy atom. The highest BCUT2D eigenvalue weighted by molar-refractivity contribution is 5.89. The lowest BCUT2D eigenvalue weighted by atomic mass is 9.85. The second kappa shape index (κ2) is 7.44. The molecule has 3 N–H and O–H groups in total. The molecule has 0 heterocycles. The zero-order valence-electron chi connectivity index (χ0n) is 14.9. The summed E-state index contributed by atoms with van der Waals surface area (Å²) in [5, 5.41) is 14.9. The minimum absolute atomic E-state index is 0.0999. The molecule has 0 spiro atoms. The van der Waals surface area contributed by atoms with E-state index < -0.39 is 5.97 Å². The third-order valence-corrected chi connectivity index (χ3v) is 5.26. The molecule has 0 aromatic heterocycles. The van der Waals surface area contributed by atoms with Crippen molar-refractivity contribution in [2.45, 2.75) is 51.6 Å². The van der Waals surface area contributed by atoms with Gasteiger partial charge in [-0.2, -0.15) is 0 Å². The first-order valence-corrected chi connectivity index (χ1v) is 9.01. The fourth-order valence-corrected chi connectivity index (χ4v) is 3.32. The molecule has 0 saturated heterocycles. The first kappa shape index (κ1) is 17.7. The van der Waals surface area contributed by atoms with Crippen LogP contribution in [0.3, 0.4) is 0 Å². The number of anilines is 1. The molecule has 2 aliphatic rings. The molecule has 25 heavy (non-hydrogen) atoms. The number of urea groups is 1. The van der Waals surface area contributed by atoms with Gasteiger partial charge in [-0.05, 0) is 68.7 Å². The number of carbonyl (C=O) groups is 2. The number of benzene rings is 1. The molecule has 1 aromatic carbocycles. The summed E-state index contributed by atoms with van der Waals surface area (Å²) in [5.41, 5.74) is 3.13. The van der Waals surface area contributed by atoms with Gasteiger partial charge in [0.15, 0.2) is 0 Å². The summed E-state index contributed by atoms with van der Waals surface area (Å²) in [4.78, 5) is 25.2. The number of carboxylic acid groups (broad SMARTS) is 1. The molecule has 0 atom stereocenters. The minimum atomic E-state index is -0.774. The summed E-state index contributed by atoms with van der Waals surface area (Å²) >= 11 is 0. The molecule has 2 fully saturated rings. The van der Waals surface area contributed by atoms with Crippen LogP contribution in [0.15, 0.2) is 18.2 Å². The van der Waals surface area contributed by atoms with Gasteiger partial charge in [-0.15, -0.1) is 0 Å². The van der Waals surface area contributed by atoms with Gasteiger partial charge in [-0.25, -0.2) is 4.79 Å². The summed E-state index contributed by atoms with van der Waals surface area (Å²) in [6.45, 7) is 5.03. The van der Waals surface area contributed by atoms with Crippen molar-refractivity contribution in [3.05, 3.63) is 29.3 Å². The molecule has 6 nitrogen and oxygen atoms in total. The number of carboxylic acids is 1. The van der Waals surface area contributed by atoms with Crippen molar-refractivity contribution in [3.63, 3.8) is 0 Å². The topological polar surface area (TPSA) is 81.7 Å². The fourth-order valence-electron chi connectivity index (χ4n) is 3.32. The van der Waals surface area contributed by atoms with Crippen molar-refractivity contribution in [2.75, 3.05) is 18.4 Å². The Bertz CT molecular complexity index is 651. The van der Waals surface area contributed by atoms with E-state index in [1.807, 2.05) is 32.0 Å². The van der Waals surface area contributed by atoms with Gasteiger partial charge in [0.2, 0.25) is 0 Å².